The van der Waals surface area contributed by atoms with Gasteiger partial charge in [0.15, 0.2) is 0 Å². The summed E-state index contributed by atoms with van der Waals surface area (Å²) in [6, 6.07) is 4.60. The molecule has 0 aliphatic rings. The van der Waals surface area contributed by atoms with Crippen LogP contribution in [0.1, 0.15) is 5.69 Å². The fraction of sp³-hybridized carbons (Fsp3) is 0.125. The normalized spacial score (nSPS) is 12.1. The summed E-state index contributed by atoms with van der Waals surface area (Å²) in [6.07, 6.45) is 0. The van der Waals surface area contributed by atoms with E-state index in [1.807, 2.05) is 6.92 Å². The molecule has 1 aromatic heterocycles. The van der Waals surface area contributed by atoms with Gasteiger partial charge in [0.1, 0.15) is 0 Å². The van der Waals surface area contributed by atoms with Crippen LogP contribution in [0.15, 0.2) is 23.1 Å². The molecule has 6 heteroatoms. The Morgan fingerprint density at radius 2 is 2.14 bits per heavy atom. The number of hydrogen-bond acceptors (Lipinski definition) is 3. The number of nitrogens with one attached hydrogen (secondary N) is 1. The molecule has 0 fully saturated rings. The number of nitrogens with zero attached hydrogens (tertiary/aromatic N) is 1. The fourth-order valence-electron chi connectivity index (χ4n) is 1.28. The van der Waals surface area contributed by atoms with Crippen molar-refractivity contribution >= 4 is 30.6 Å². The monoisotopic (exact) mass is 230 g/mol. The highest BCUT2D eigenvalue weighted by Gasteiger charge is 2.11. The van der Waals surface area contributed by atoms with Gasteiger partial charge in [0, 0.05) is 21.8 Å². The second-order valence-electron chi connectivity index (χ2n) is 2.97. The van der Waals surface area contributed by atoms with Gasteiger partial charge in [0.25, 0.3) is 9.05 Å². The number of aromatic amines is 1. The molecule has 0 amide bonds. The standard InChI is InChI=1S/C8H7ClN2O2S/c1-5-7-3-2-6(14(9,12)13)4-8(7)11-10-5/h2-4H,1H3,(H,10,11). The summed E-state index contributed by atoms with van der Waals surface area (Å²) < 4.78 is 22.0. The van der Waals surface area contributed by atoms with E-state index in [9.17, 15) is 8.42 Å². The Hall–Kier alpha value is -1.07. The van der Waals surface area contributed by atoms with Gasteiger partial charge in [-0.2, -0.15) is 5.10 Å². The van der Waals surface area contributed by atoms with E-state index in [4.69, 9.17) is 10.7 Å². The van der Waals surface area contributed by atoms with Crippen LogP contribution in [0, 0.1) is 6.92 Å². The Bertz CT molecular complexity index is 588. The van der Waals surface area contributed by atoms with E-state index in [1.54, 1.807) is 6.07 Å². The first kappa shape index (κ1) is 9.48. The smallest absolute Gasteiger partial charge is 0.261 e. The van der Waals surface area contributed by atoms with Crippen LogP contribution in [0.25, 0.3) is 10.9 Å². The Labute approximate surface area is 85.3 Å². The minimum Gasteiger partial charge on any atom is -0.282 e. The zero-order chi connectivity index (χ0) is 10.3. The Balaban J connectivity index is 2.76. The van der Waals surface area contributed by atoms with Crippen molar-refractivity contribution < 1.29 is 8.42 Å². The predicted molar refractivity (Wildman–Crippen MR) is 53.9 cm³/mol. The molecule has 2 rings (SSSR count). The largest absolute Gasteiger partial charge is 0.282 e. The van der Waals surface area contributed by atoms with E-state index < -0.39 is 9.05 Å². The molecule has 74 valence electrons. The lowest BCUT2D eigenvalue weighted by atomic mass is 10.2. The first-order valence-electron chi connectivity index (χ1n) is 3.88. The molecule has 0 bridgehead atoms. The number of aryl methyl sites for hydroxylation is 1. The van der Waals surface area contributed by atoms with Crippen molar-refractivity contribution in [2.45, 2.75) is 11.8 Å². The Morgan fingerprint density at radius 1 is 1.43 bits per heavy atom. The summed E-state index contributed by atoms with van der Waals surface area (Å²) in [7, 11) is 1.53. The lowest BCUT2D eigenvalue weighted by molar-refractivity contribution is 0.609. The lowest BCUT2D eigenvalue weighted by Gasteiger charge is -1.95. The van der Waals surface area contributed by atoms with Gasteiger partial charge in [-0.3, -0.25) is 5.10 Å². The van der Waals surface area contributed by atoms with Crippen LogP contribution in [-0.4, -0.2) is 18.6 Å². The maximum atomic E-state index is 11.0. The molecule has 2 aromatic rings. The molecule has 1 heterocycles. The van der Waals surface area contributed by atoms with Crippen molar-refractivity contribution in [3.8, 4) is 0 Å². The van der Waals surface area contributed by atoms with E-state index >= 15 is 0 Å². The highest BCUT2D eigenvalue weighted by molar-refractivity contribution is 8.13. The SMILES string of the molecule is Cc1[nH]nc2cc(S(=O)(=O)Cl)ccc12. The second kappa shape index (κ2) is 2.96. The average Bonchev–Trinajstić information content (AvgIpc) is 2.46. The number of halogens is 1. The van der Waals surface area contributed by atoms with Crippen LogP contribution in [0.5, 0.6) is 0 Å². The van der Waals surface area contributed by atoms with E-state index in [0.717, 1.165) is 11.1 Å². The predicted octanol–water partition coefficient (Wildman–Crippen LogP) is 1.80. The molecule has 0 saturated heterocycles. The molecular weight excluding hydrogens is 224 g/mol. The number of benzene rings is 1. The third-order valence-corrected chi connectivity index (χ3v) is 3.35. The number of aromatic nitrogens is 2. The van der Waals surface area contributed by atoms with Crippen LogP contribution in [0.2, 0.25) is 0 Å². The minimum absolute atomic E-state index is 0.0677. The van der Waals surface area contributed by atoms with Crippen LogP contribution in [0.4, 0.5) is 0 Å². The summed E-state index contributed by atoms with van der Waals surface area (Å²) in [4.78, 5) is 0.0677. The molecule has 1 N–H and O–H groups in total. The number of hydrogen-bond donors (Lipinski definition) is 1. The molecule has 14 heavy (non-hydrogen) atoms. The van der Waals surface area contributed by atoms with Crippen molar-refractivity contribution in [3.63, 3.8) is 0 Å². The maximum Gasteiger partial charge on any atom is 0.261 e. The van der Waals surface area contributed by atoms with Crippen molar-refractivity contribution in [1.29, 1.82) is 0 Å². The van der Waals surface area contributed by atoms with Crippen LogP contribution < -0.4 is 0 Å². The zero-order valence-corrected chi connectivity index (χ0v) is 8.85. The van der Waals surface area contributed by atoms with Gasteiger partial charge < -0.3 is 0 Å². The summed E-state index contributed by atoms with van der Waals surface area (Å²) in [5.74, 6) is 0. The van der Waals surface area contributed by atoms with E-state index in [1.165, 1.54) is 12.1 Å². The van der Waals surface area contributed by atoms with Crippen molar-refractivity contribution in [2.75, 3.05) is 0 Å². The highest BCUT2D eigenvalue weighted by atomic mass is 35.7. The quantitative estimate of drug-likeness (QED) is 0.760. The molecule has 0 aliphatic heterocycles. The Kier molecular flexibility index (Phi) is 2.01. The van der Waals surface area contributed by atoms with Crippen LogP contribution in [-0.2, 0) is 9.05 Å². The van der Waals surface area contributed by atoms with E-state index in [2.05, 4.69) is 10.2 Å². The first-order chi connectivity index (χ1) is 6.48. The van der Waals surface area contributed by atoms with Crippen LogP contribution >= 0.6 is 10.7 Å². The summed E-state index contributed by atoms with van der Waals surface area (Å²) in [5, 5.41) is 7.61. The van der Waals surface area contributed by atoms with Crippen molar-refractivity contribution in [3.05, 3.63) is 23.9 Å². The first-order valence-corrected chi connectivity index (χ1v) is 6.19. The summed E-state index contributed by atoms with van der Waals surface area (Å²) in [6.45, 7) is 1.87. The molecule has 0 radical (unpaired) electrons. The van der Waals surface area contributed by atoms with Crippen LogP contribution in [0.3, 0.4) is 0 Å². The highest BCUT2D eigenvalue weighted by Crippen LogP contribution is 2.21. The molecule has 0 unspecified atom stereocenters. The lowest BCUT2D eigenvalue weighted by Crippen LogP contribution is -1.89. The van der Waals surface area contributed by atoms with Gasteiger partial charge in [0.2, 0.25) is 0 Å². The van der Waals surface area contributed by atoms with E-state index in [0.29, 0.717) is 5.52 Å². The molecule has 0 saturated carbocycles. The molecule has 0 aliphatic carbocycles. The topological polar surface area (TPSA) is 62.8 Å². The average molecular weight is 231 g/mol. The second-order valence-corrected chi connectivity index (χ2v) is 5.53. The zero-order valence-electron chi connectivity index (χ0n) is 7.28. The van der Waals surface area contributed by atoms with Gasteiger partial charge in [-0.25, -0.2) is 8.42 Å². The van der Waals surface area contributed by atoms with Gasteiger partial charge >= 0.3 is 0 Å². The van der Waals surface area contributed by atoms with Gasteiger partial charge in [-0.05, 0) is 25.1 Å². The van der Waals surface area contributed by atoms with Gasteiger partial charge in [-0.15, -0.1) is 0 Å². The Morgan fingerprint density at radius 3 is 2.79 bits per heavy atom. The fourth-order valence-corrected chi connectivity index (χ4v) is 2.05. The summed E-state index contributed by atoms with van der Waals surface area (Å²) in [5.41, 5.74) is 1.50. The molecule has 0 atom stereocenters. The van der Waals surface area contributed by atoms with E-state index in [-0.39, 0.29) is 4.90 Å². The number of rotatable bonds is 1. The molecule has 1 aromatic carbocycles. The third kappa shape index (κ3) is 1.49. The summed E-state index contributed by atoms with van der Waals surface area (Å²) >= 11 is 0. The number of fused-ring (bicyclic) bond motifs is 1. The van der Waals surface area contributed by atoms with Gasteiger partial charge in [0.05, 0.1) is 10.4 Å². The van der Waals surface area contributed by atoms with Gasteiger partial charge in [-0.1, -0.05) is 0 Å². The number of H-pyrrole nitrogens is 1. The van der Waals surface area contributed by atoms with Crippen molar-refractivity contribution in [1.82, 2.24) is 10.2 Å². The minimum atomic E-state index is -3.67. The van der Waals surface area contributed by atoms with Crippen molar-refractivity contribution in [2.24, 2.45) is 0 Å². The molecule has 4 nitrogen and oxygen atoms in total. The third-order valence-electron chi connectivity index (χ3n) is 2.00. The maximum absolute atomic E-state index is 11.0. The molecule has 0 spiro atoms. The molecular formula is C8H7ClN2O2S.